The van der Waals surface area contributed by atoms with Gasteiger partial charge in [0.05, 0.1) is 0 Å². The van der Waals surface area contributed by atoms with E-state index in [-0.39, 0.29) is 5.82 Å². The van der Waals surface area contributed by atoms with Gasteiger partial charge in [-0.2, -0.15) is 0 Å². The monoisotopic (exact) mass is 264 g/mol. The molecule has 3 heteroatoms. The zero-order chi connectivity index (χ0) is 13.7. The number of hydrogen-bond donors (Lipinski definition) is 1. The summed E-state index contributed by atoms with van der Waals surface area (Å²) in [6.45, 7) is 1.06. The summed E-state index contributed by atoms with van der Waals surface area (Å²) in [4.78, 5) is 2.47. The second kappa shape index (κ2) is 7.01. The summed E-state index contributed by atoms with van der Waals surface area (Å²) >= 11 is 0. The van der Waals surface area contributed by atoms with Gasteiger partial charge in [-0.25, -0.2) is 4.39 Å². The van der Waals surface area contributed by atoms with Gasteiger partial charge in [0.25, 0.3) is 0 Å². The van der Waals surface area contributed by atoms with Crippen LogP contribution in [0.3, 0.4) is 0 Å². The summed E-state index contributed by atoms with van der Waals surface area (Å²) in [5.41, 5.74) is 1.22. The molecule has 1 aliphatic carbocycles. The van der Waals surface area contributed by atoms with Crippen molar-refractivity contribution >= 4 is 0 Å². The fourth-order valence-electron chi connectivity index (χ4n) is 2.94. The molecule has 0 aliphatic heterocycles. The summed E-state index contributed by atoms with van der Waals surface area (Å²) in [6.07, 6.45) is 6.13. The molecule has 1 saturated carbocycles. The Balaban J connectivity index is 1.75. The average Bonchev–Trinajstić information content (AvgIpc) is 2.46. The molecule has 1 aromatic carbocycles. The Labute approximate surface area is 116 Å². The zero-order valence-corrected chi connectivity index (χ0v) is 12.0. The number of likely N-dealkylation sites (N-methyl/N-ethyl adjacent to an activating group) is 1. The van der Waals surface area contributed by atoms with Gasteiger partial charge in [-0.05, 0) is 63.9 Å². The summed E-state index contributed by atoms with van der Waals surface area (Å²) in [7, 11) is 4.27. The molecule has 0 atom stereocenters. The molecule has 0 amide bonds. The third-order valence-electron chi connectivity index (χ3n) is 4.39. The highest BCUT2D eigenvalue weighted by Gasteiger charge is 2.22. The fraction of sp³-hybridized carbons (Fsp3) is 0.625. The molecule has 0 heterocycles. The fourth-order valence-corrected chi connectivity index (χ4v) is 2.94. The van der Waals surface area contributed by atoms with E-state index in [0.29, 0.717) is 12.1 Å². The van der Waals surface area contributed by atoms with E-state index in [1.807, 2.05) is 12.1 Å². The van der Waals surface area contributed by atoms with Crippen LogP contribution in [0.25, 0.3) is 0 Å². The Kier molecular flexibility index (Phi) is 5.34. The van der Waals surface area contributed by atoms with Crippen LogP contribution in [0.5, 0.6) is 0 Å². The molecule has 2 nitrogen and oxygen atoms in total. The van der Waals surface area contributed by atoms with Crippen LogP contribution in [-0.4, -0.2) is 37.6 Å². The van der Waals surface area contributed by atoms with Crippen molar-refractivity contribution in [1.29, 1.82) is 0 Å². The number of hydrogen-bond acceptors (Lipinski definition) is 2. The quantitative estimate of drug-likeness (QED) is 0.880. The minimum atomic E-state index is -0.150. The summed E-state index contributed by atoms with van der Waals surface area (Å²) in [5.74, 6) is -0.150. The van der Waals surface area contributed by atoms with Crippen molar-refractivity contribution < 1.29 is 4.39 Å². The second-order valence-electron chi connectivity index (χ2n) is 5.65. The van der Waals surface area contributed by atoms with Crippen LogP contribution in [0.2, 0.25) is 0 Å². The van der Waals surface area contributed by atoms with Crippen molar-refractivity contribution in [2.75, 3.05) is 20.6 Å². The number of nitrogens with zero attached hydrogens (tertiary/aromatic N) is 1. The van der Waals surface area contributed by atoms with Crippen LogP contribution in [0.15, 0.2) is 24.3 Å². The molecule has 1 N–H and O–H groups in total. The average molecular weight is 264 g/mol. The van der Waals surface area contributed by atoms with Crippen molar-refractivity contribution in [3.63, 3.8) is 0 Å². The molecule has 19 heavy (non-hydrogen) atoms. The van der Waals surface area contributed by atoms with Gasteiger partial charge in [-0.3, -0.25) is 0 Å². The maximum Gasteiger partial charge on any atom is 0.123 e. The molecule has 1 aromatic rings. The van der Waals surface area contributed by atoms with Crippen molar-refractivity contribution in [2.24, 2.45) is 0 Å². The molecule has 0 spiro atoms. The molecule has 1 aliphatic rings. The van der Waals surface area contributed by atoms with Gasteiger partial charge >= 0.3 is 0 Å². The Morgan fingerprint density at radius 1 is 1.16 bits per heavy atom. The number of halogens is 1. The Morgan fingerprint density at radius 2 is 1.79 bits per heavy atom. The lowest BCUT2D eigenvalue weighted by atomic mass is 9.90. The predicted molar refractivity (Wildman–Crippen MR) is 77.8 cm³/mol. The highest BCUT2D eigenvalue weighted by Crippen LogP contribution is 2.22. The molecule has 0 radical (unpaired) electrons. The standard InChI is InChI=1S/C16H25FN2/c1-18-15-7-9-16(10-8-15)19(2)12-11-13-3-5-14(17)6-4-13/h3-6,15-16,18H,7-12H2,1-2H3. The Morgan fingerprint density at radius 3 is 2.37 bits per heavy atom. The lowest BCUT2D eigenvalue weighted by Crippen LogP contribution is -2.40. The van der Waals surface area contributed by atoms with Gasteiger partial charge in [0, 0.05) is 18.6 Å². The normalized spacial score (nSPS) is 23.8. The van der Waals surface area contributed by atoms with Crippen molar-refractivity contribution in [3.8, 4) is 0 Å². The van der Waals surface area contributed by atoms with Gasteiger partial charge in [-0.1, -0.05) is 12.1 Å². The van der Waals surface area contributed by atoms with E-state index < -0.39 is 0 Å². The predicted octanol–water partition coefficient (Wildman–Crippen LogP) is 2.83. The summed E-state index contributed by atoms with van der Waals surface area (Å²) in [6, 6.07) is 8.30. The van der Waals surface area contributed by atoms with E-state index in [2.05, 4.69) is 24.3 Å². The van der Waals surface area contributed by atoms with Crippen LogP contribution >= 0.6 is 0 Å². The van der Waals surface area contributed by atoms with Gasteiger partial charge < -0.3 is 10.2 Å². The minimum Gasteiger partial charge on any atom is -0.317 e. The first kappa shape index (κ1) is 14.5. The van der Waals surface area contributed by atoms with E-state index in [1.165, 1.54) is 31.2 Å². The highest BCUT2D eigenvalue weighted by molar-refractivity contribution is 5.16. The van der Waals surface area contributed by atoms with Crippen LogP contribution in [0.4, 0.5) is 4.39 Å². The van der Waals surface area contributed by atoms with E-state index in [1.54, 1.807) is 12.1 Å². The number of benzene rings is 1. The molecular formula is C16H25FN2. The zero-order valence-electron chi connectivity index (χ0n) is 12.0. The van der Waals surface area contributed by atoms with Crippen LogP contribution in [0.1, 0.15) is 31.2 Å². The van der Waals surface area contributed by atoms with E-state index in [4.69, 9.17) is 0 Å². The molecule has 0 aromatic heterocycles. The first-order valence-electron chi connectivity index (χ1n) is 7.31. The number of rotatable bonds is 5. The lowest BCUT2D eigenvalue weighted by molar-refractivity contribution is 0.178. The molecule has 0 unspecified atom stereocenters. The Hall–Kier alpha value is -0.930. The Bertz CT molecular complexity index is 369. The first-order chi connectivity index (χ1) is 9.19. The van der Waals surface area contributed by atoms with Gasteiger partial charge in [0.15, 0.2) is 0 Å². The van der Waals surface area contributed by atoms with Crippen LogP contribution in [0, 0.1) is 5.82 Å². The highest BCUT2D eigenvalue weighted by atomic mass is 19.1. The molecular weight excluding hydrogens is 239 g/mol. The van der Waals surface area contributed by atoms with Crippen molar-refractivity contribution in [3.05, 3.63) is 35.6 Å². The van der Waals surface area contributed by atoms with E-state index in [9.17, 15) is 4.39 Å². The first-order valence-corrected chi connectivity index (χ1v) is 7.31. The maximum atomic E-state index is 12.8. The van der Waals surface area contributed by atoms with Gasteiger partial charge in [0.1, 0.15) is 5.82 Å². The van der Waals surface area contributed by atoms with E-state index >= 15 is 0 Å². The van der Waals surface area contributed by atoms with Crippen LogP contribution in [-0.2, 0) is 6.42 Å². The second-order valence-corrected chi connectivity index (χ2v) is 5.65. The summed E-state index contributed by atoms with van der Waals surface area (Å²) < 4.78 is 12.8. The van der Waals surface area contributed by atoms with Crippen molar-refractivity contribution in [2.45, 2.75) is 44.2 Å². The largest absolute Gasteiger partial charge is 0.317 e. The molecule has 2 rings (SSSR count). The molecule has 106 valence electrons. The van der Waals surface area contributed by atoms with Gasteiger partial charge in [-0.15, -0.1) is 0 Å². The molecule has 0 bridgehead atoms. The third kappa shape index (κ3) is 4.29. The topological polar surface area (TPSA) is 15.3 Å². The summed E-state index contributed by atoms with van der Waals surface area (Å²) in [5, 5.41) is 3.37. The maximum absolute atomic E-state index is 12.8. The SMILES string of the molecule is CNC1CCC(N(C)CCc2ccc(F)cc2)CC1. The molecule has 0 saturated heterocycles. The van der Waals surface area contributed by atoms with Crippen LogP contribution < -0.4 is 5.32 Å². The molecule has 1 fully saturated rings. The smallest absolute Gasteiger partial charge is 0.123 e. The minimum absolute atomic E-state index is 0.150. The lowest BCUT2D eigenvalue weighted by Gasteiger charge is -2.34. The van der Waals surface area contributed by atoms with Crippen molar-refractivity contribution in [1.82, 2.24) is 10.2 Å². The van der Waals surface area contributed by atoms with Gasteiger partial charge in [0.2, 0.25) is 0 Å². The van der Waals surface area contributed by atoms with E-state index in [0.717, 1.165) is 13.0 Å². The number of nitrogens with one attached hydrogen (secondary N) is 1. The third-order valence-corrected chi connectivity index (χ3v) is 4.39.